The number of carbonyl (C=O) groups is 1. The van der Waals surface area contributed by atoms with E-state index in [-0.39, 0.29) is 16.5 Å². The number of aryl methyl sites for hydroxylation is 1. The standard InChI is InChI=1S/C26H24ClN5O3/c1-17-21(14-18-8-9-20(35-2)15-22(18)29-17)25(33)31-12-10-30(11-13-31)23-16-28-32(26(34)24(23)27)19-6-4-3-5-7-19/h3-9,14-16H,10-13H2,1-2H3. The van der Waals surface area contributed by atoms with Crippen LogP contribution in [0.15, 0.2) is 65.6 Å². The molecule has 9 heteroatoms. The van der Waals surface area contributed by atoms with Gasteiger partial charge in [-0.1, -0.05) is 29.8 Å². The van der Waals surface area contributed by atoms with E-state index >= 15 is 0 Å². The first-order chi connectivity index (χ1) is 17.0. The van der Waals surface area contributed by atoms with E-state index in [9.17, 15) is 9.59 Å². The zero-order chi connectivity index (χ0) is 24.5. The highest BCUT2D eigenvalue weighted by Gasteiger charge is 2.26. The van der Waals surface area contributed by atoms with Gasteiger partial charge >= 0.3 is 0 Å². The highest BCUT2D eigenvalue weighted by Crippen LogP contribution is 2.25. The van der Waals surface area contributed by atoms with Crippen molar-refractivity contribution in [1.82, 2.24) is 19.7 Å². The molecule has 0 spiro atoms. The fourth-order valence-electron chi connectivity index (χ4n) is 4.31. The average molecular weight is 490 g/mol. The smallest absolute Gasteiger partial charge is 0.292 e. The molecule has 0 saturated carbocycles. The molecule has 1 fully saturated rings. The van der Waals surface area contributed by atoms with Gasteiger partial charge in [-0.2, -0.15) is 9.78 Å². The van der Waals surface area contributed by atoms with Crippen LogP contribution in [0.25, 0.3) is 16.6 Å². The molecule has 8 nitrogen and oxygen atoms in total. The Morgan fingerprint density at radius 3 is 2.49 bits per heavy atom. The topological polar surface area (TPSA) is 80.6 Å². The molecule has 0 atom stereocenters. The molecule has 2 aromatic carbocycles. The van der Waals surface area contributed by atoms with E-state index in [0.29, 0.717) is 48.8 Å². The highest BCUT2D eigenvalue weighted by atomic mass is 35.5. The van der Waals surface area contributed by atoms with E-state index in [1.54, 1.807) is 25.4 Å². The van der Waals surface area contributed by atoms with Gasteiger partial charge < -0.3 is 14.5 Å². The number of anilines is 1. The summed E-state index contributed by atoms with van der Waals surface area (Å²) in [5.74, 6) is 0.667. The van der Waals surface area contributed by atoms with Gasteiger partial charge in [-0.15, -0.1) is 0 Å². The lowest BCUT2D eigenvalue weighted by molar-refractivity contribution is 0.0745. The van der Waals surface area contributed by atoms with Crippen LogP contribution < -0.4 is 15.2 Å². The van der Waals surface area contributed by atoms with E-state index in [1.807, 2.05) is 59.2 Å². The van der Waals surface area contributed by atoms with E-state index in [1.165, 1.54) is 4.68 Å². The van der Waals surface area contributed by atoms with Crippen molar-refractivity contribution in [2.75, 3.05) is 38.2 Å². The van der Waals surface area contributed by atoms with E-state index in [4.69, 9.17) is 16.3 Å². The lowest BCUT2D eigenvalue weighted by Gasteiger charge is -2.36. The van der Waals surface area contributed by atoms with Gasteiger partial charge in [0.15, 0.2) is 0 Å². The van der Waals surface area contributed by atoms with Crippen LogP contribution in [0.3, 0.4) is 0 Å². The second-order valence-corrected chi connectivity index (χ2v) is 8.73. The number of ether oxygens (including phenoxy) is 1. The Kier molecular flexibility index (Phi) is 6.13. The molecule has 2 aromatic heterocycles. The quantitative estimate of drug-likeness (QED) is 0.434. The predicted molar refractivity (Wildman–Crippen MR) is 136 cm³/mol. The Balaban J connectivity index is 1.33. The molecular weight excluding hydrogens is 466 g/mol. The monoisotopic (exact) mass is 489 g/mol. The zero-order valence-electron chi connectivity index (χ0n) is 19.4. The summed E-state index contributed by atoms with van der Waals surface area (Å²) >= 11 is 6.46. The summed E-state index contributed by atoms with van der Waals surface area (Å²) in [6.45, 7) is 3.92. The van der Waals surface area contributed by atoms with E-state index < -0.39 is 0 Å². The third-order valence-electron chi connectivity index (χ3n) is 6.25. The molecule has 178 valence electrons. The highest BCUT2D eigenvalue weighted by molar-refractivity contribution is 6.33. The van der Waals surface area contributed by atoms with Gasteiger partial charge in [0, 0.05) is 37.6 Å². The molecule has 1 saturated heterocycles. The second-order valence-electron chi connectivity index (χ2n) is 8.36. The number of pyridine rings is 1. The number of aromatic nitrogens is 3. The molecule has 1 amide bonds. The molecule has 1 aliphatic heterocycles. The van der Waals surface area contributed by atoms with Gasteiger partial charge in [-0.3, -0.25) is 14.6 Å². The van der Waals surface area contributed by atoms with Crippen molar-refractivity contribution in [2.45, 2.75) is 6.92 Å². The minimum absolute atomic E-state index is 0.0592. The van der Waals surface area contributed by atoms with Crippen LogP contribution in [-0.2, 0) is 0 Å². The molecule has 0 radical (unpaired) electrons. The molecule has 0 aliphatic carbocycles. The van der Waals surface area contributed by atoms with Crippen LogP contribution in [0.4, 0.5) is 5.69 Å². The molecule has 0 unspecified atom stereocenters. The van der Waals surface area contributed by atoms with Crippen molar-refractivity contribution >= 4 is 34.1 Å². The first-order valence-electron chi connectivity index (χ1n) is 11.3. The van der Waals surface area contributed by atoms with Gasteiger partial charge in [-0.25, -0.2) is 0 Å². The van der Waals surface area contributed by atoms with Crippen molar-refractivity contribution in [3.05, 3.63) is 87.4 Å². The van der Waals surface area contributed by atoms with Crippen molar-refractivity contribution in [3.63, 3.8) is 0 Å². The van der Waals surface area contributed by atoms with E-state index in [2.05, 4.69) is 10.1 Å². The Hall–Kier alpha value is -3.91. The van der Waals surface area contributed by atoms with Crippen LogP contribution in [0.2, 0.25) is 5.02 Å². The normalized spacial score (nSPS) is 13.8. The number of methoxy groups -OCH3 is 1. The largest absolute Gasteiger partial charge is 0.497 e. The molecule has 4 aromatic rings. The van der Waals surface area contributed by atoms with Crippen LogP contribution in [-0.4, -0.2) is 58.9 Å². The number of benzene rings is 2. The summed E-state index contributed by atoms with van der Waals surface area (Å²) in [7, 11) is 1.61. The summed E-state index contributed by atoms with van der Waals surface area (Å²) in [6, 6.07) is 16.7. The number of amides is 1. The lowest BCUT2D eigenvalue weighted by atomic mass is 10.1. The third-order valence-corrected chi connectivity index (χ3v) is 6.61. The Bertz CT molecular complexity index is 1460. The Labute approximate surface area is 207 Å². The van der Waals surface area contributed by atoms with Crippen molar-refractivity contribution in [3.8, 4) is 11.4 Å². The van der Waals surface area contributed by atoms with Crippen molar-refractivity contribution in [1.29, 1.82) is 0 Å². The predicted octanol–water partition coefficient (Wildman–Crippen LogP) is 3.71. The number of hydrogen-bond acceptors (Lipinski definition) is 6. The fraction of sp³-hybridized carbons (Fsp3) is 0.231. The Morgan fingerprint density at radius 1 is 1.03 bits per heavy atom. The number of para-hydroxylation sites is 1. The summed E-state index contributed by atoms with van der Waals surface area (Å²) in [6.07, 6.45) is 1.61. The van der Waals surface area contributed by atoms with Crippen LogP contribution >= 0.6 is 11.6 Å². The van der Waals surface area contributed by atoms with Crippen molar-refractivity contribution < 1.29 is 9.53 Å². The summed E-state index contributed by atoms with van der Waals surface area (Å²) in [5.41, 5.74) is 2.91. The first kappa shape index (κ1) is 22.9. The minimum atomic E-state index is -0.372. The second kappa shape index (κ2) is 9.38. The van der Waals surface area contributed by atoms with E-state index in [0.717, 1.165) is 16.7 Å². The van der Waals surface area contributed by atoms with Crippen LogP contribution in [0.5, 0.6) is 5.75 Å². The molecule has 0 bridgehead atoms. The molecule has 1 aliphatic rings. The molecule has 3 heterocycles. The number of fused-ring (bicyclic) bond motifs is 1. The number of halogens is 1. The fourth-order valence-corrected chi connectivity index (χ4v) is 4.55. The number of carbonyl (C=O) groups excluding carboxylic acids is 1. The summed E-state index contributed by atoms with van der Waals surface area (Å²) in [5, 5.41) is 5.32. The van der Waals surface area contributed by atoms with Crippen LogP contribution in [0.1, 0.15) is 16.1 Å². The maximum absolute atomic E-state index is 13.3. The average Bonchev–Trinajstić information content (AvgIpc) is 2.89. The van der Waals surface area contributed by atoms with Crippen molar-refractivity contribution in [2.24, 2.45) is 0 Å². The van der Waals surface area contributed by atoms with Gasteiger partial charge in [0.25, 0.3) is 11.5 Å². The summed E-state index contributed by atoms with van der Waals surface area (Å²) < 4.78 is 6.56. The third kappa shape index (κ3) is 4.33. The molecule has 35 heavy (non-hydrogen) atoms. The van der Waals surface area contributed by atoms with Gasteiger partial charge in [0.1, 0.15) is 10.8 Å². The van der Waals surface area contributed by atoms with Gasteiger partial charge in [0.05, 0.1) is 41.5 Å². The number of piperazine rings is 1. The number of nitrogens with zero attached hydrogens (tertiary/aromatic N) is 5. The maximum atomic E-state index is 13.3. The number of rotatable bonds is 4. The minimum Gasteiger partial charge on any atom is -0.497 e. The number of hydrogen-bond donors (Lipinski definition) is 0. The van der Waals surface area contributed by atoms with Gasteiger partial charge in [0.2, 0.25) is 0 Å². The zero-order valence-corrected chi connectivity index (χ0v) is 20.2. The summed E-state index contributed by atoms with van der Waals surface area (Å²) in [4.78, 5) is 34.6. The molecule has 0 N–H and O–H groups in total. The lowest BCUT2D eigenvalue weighted by Crippen LogP contribution is -2.49. The molecular formula is C26H24ClN5O3. The SMILES string of the molecule is COc1ccc2cc(C(=O)N3CCN(c4cnn(-c5ccccc5)c(=O)c4Cl)CC3)c(C)nc2c1. The van der Waals surface area contributed by atoms with Crippen LogP contribution in [0, 0.1) is 6.92 Å². The van der Waals surface area contributed by atoms with Gasteiger partial charge in [-0.05, 0) is 37.3 Å². The first-order valence-corrected chi connectivity index (χ1v) is 11.7. The Morgan fingerprint density at radius 2 is 1.77 bits per heavy atom. The molecule has 5 rings (SSSR count). The maximum Gasteiger partial charge on any atom is 0.292 e.